The molecule has 0 aliphatic heterocycles. The van der Waals surface area contributed by atoms with Crippen molar-refractivity contribution in [3.8, 4) is 0 Å². The van der Waals surface area contributed by atoms with E-state index in [4.69, 9.17) is 0 Å². The van der Waals surface area contributed by atoms with Crippen LogP contribution in [0.2, 0.25) is 0 Å². The molecule has 3 aromatic rings. The molecule has 19 heavy (non-hydrogen) atoms. The quantitative estimate of drug-likeness (QED) is 0.636. The molecule has 0 fully saturated rings. The molecule has 0 N–H and O–H groups in total. The summed E-state index contributed by atoms with van der Waals surface area (Å²) in [6.45, 7) is 0. The second kappa shape index (κ2) is 5.37. The average molecular weight is 310 g/mol. The van der Waals surface area contributed by atoms with Crippen molar-refractivity contribution < 1.29 is 0 Å². The molecule has 0 saturated carbocycles. The fourth-order valence-corrected chi connectivity index (χ4v) is 2.67. The van der Waals surface area contributed by atoms with Crippen molar-refractivity contribution in [2.75, 3.05) is 0 Å². The van der Waals surface area contributed by atoms with Crippen LogP contribution in [0, 0.1) is 0 Å². The van der Waals surface area contributed by atoms with Gasteiger partial charge in [-0.05, 0) is 50.0 Å². The number of halogens is 1. The minimum atomic E-state index is 1.14. The predicted octanol–water partition coefficient (Wildman–Crippen LogP) is 5.17. The van der Waals surface area contributed by atoms with Crippen molar-refractivity contribution in [2.24, 2.45) is 0 Å². The highest BCUT2D eigenvalue weighted by molar-refractivity contribution is 9.10. The van der Waals surface area contributed by atoms with E-state index in [9.17, 15) is 0 Å². The number of benzene rings is 2. The van der Waals surface area contributed by atoms with E-state index < -0.39 is 0 Å². The summed E-state index contributed by atoms with van der Waals surface area (Å²) >= 11 is 3.69. The lowest BCUT2D eigenvalue weighted by molar-refractivity contribution is 1.32. The molecule has 0 bridgehead atoms. The van der Waals surface area contributed by atoms with Gasteiger partial charge in [0.05, 0.1) is 0 Å². The van der Waals surface area contributed by atoms with Gasteiger partial charge in [-0.15, -0.1) is 0 Å². The van der Waals surface area contributed by atoms with Crippen LogP contribution < -0.4 is 0 Å². The van der Waals surface area contributed by atoms with Gasteiger partial charge < -0.3 is 0 Å². The van der Waals surface area contributed by atoms with Crippen LogP contribution in [-0.2, 0) is 0 Å². The van der Waals surface area contributed by atoms with Gasteiger partial charge >= 0.3 is 0 Å². The summed E-state index contributed by atoms with van der Waals surface area (Å²) in [6, 6.07) is 16.6. The zero-order chi connectivity index (χ0) is 13.1. The highest BCUT2D eigenvalue weighted by atomic mass is 79.9. The predicted molar refractivity (Wildman–Crippen MR) is 84.8 cm³/mol. The molecule has 92 valence electrons. The Labute approximate surface area is 120 Å². The molecule has 0 aliphatic carbocycles. The monoisotopic (exact) mass is 309 g/mol. The topological polar surface area (TPSA) is 12.9 Å². The van der Waals surface area contributed by atoms with Crippen molar-refractivity contribution in [2.45, 2.75) is 0 Å². The number of hydrogen-bond acceptors (Lipinski definition) is 1. The van der Waals surface area contributed by atoms with Crippen molar-refractivity contribution in [3.05, 3.63) is 76.5 Å². The molecule has 0 atom stereocenters. The molecule has 0 aliphatic rings. The fraction of sp³-hybridized carbons (Fsp3) is 0. The van der Waals surface area contributed by atoms with Crippen LogP contribution in [0.3, 0.4) is 0 Å². The summed E-state index contributed by atoms with van der Waals surface area (Å²) in [6.07, 6.45) is 7.81. The highest BCUT2D eigenvalue weighted by Crippen LogP contribution is 2.28. The van der Waals surface area contributed by atoms with E-state index in [1.807, 2.05) is 12.1 Å². The van der Waals surface area contributed by atoms with Crippen LogP contribution in [0.25, 0.3) is 22.9 Å². The largest absolute Gasteiger partial charge is 0.265 e. The van der Waals surface area contributed by atoms with Crippen LogP contribution in [-0.4, -0.2) is 4.98 Å². The second-order valence-corrected chi connectivity index (χ2v) is 5.10. The standard InChI is InChI=1S/C17H12BrN/c18-17-15(6-5-13-9-11-19-12-10-13)8-7-14-3-1-2-4-16(14)17/h1-12H/b6-5+. The maximum Gasteiger partial charge on any atom is 0.0326 e. The smallest absolute Gasteiger partial charge is 0.0326 e. The van der Waals surface area contributed by atoms with Gasteiger partial charge in [0, 0.05) is 16.9 Å². The lowest BCUT2D eigenvalue weighted by Crippen LogP contribution is -1.80. The molecule has 2 aromatic carbocycles. The molecule has 0 saturated heterocycles. The third-order valence-corrected chi connectivity index (χ3v) is 3.94. The Morgan fingerprint density at radius 2 is 1.63 bits per heavy atom. The Bertz CT molecular complexity index is 733. The Morgan fingerprint density at radius 1 is 0.842 bits per heavy atom. The summed E-state index contributed by atoms with van der Waals surface area (Å²) in [4.78, 5) is 4.02. The second-order valence-electron chi connectivity index (χ2n) is 4.30. The first kappa shape index (κ1) is 12.1. The van der Waals surface area contributed by atoms with Crippen LogP contribution >= 0.6 is 15.9 Å². The fourth-order valence-electron chi connectivity index (χ4n) is 2.04. The average Bonchev–Trinajstić information content (AvgIpc) is 2.48. The first-order chi connectivity index (χ1) is 9.34. The minimum Gasteiger partial charge on any atom is -0.265 e. The Balaban J connectivity index is 2.02. The summed E-state index contributed by atoms with van der Waals surface area (Å²) in [7, 11) is 0. The lowest BCUT2D eigenvalue weighted by atomic mass is 10.1. The normalized spacial score (nSPS) is 11.2. The van der Waals surface area contributed by atoms with Crippen LogP contribution in [0.15, 0.2) is 65.4 Å². The third-order valence-electron chi connectivity index (χ3n) is 3.05. The van der Waals surface area contributed by atoms with Gasteiger partial charge in [0.15, 0.2) is 0 Å². The first-order valence-corrected chi connectivity index (χ1v) is 6.89. The van der Waals surface area contributed by atoms with E-state index in [1.54, 1.807) is 12.4 Å². The Kier molecular flexibility index (Phi) is 3.43. The summed E-state index contributed by atoms with van der Waals surface area (Å²) < 4.78 is 1.14. The van der Waals surface area contributed by atoms with Crippen molar-refractivity contribution >= 4 is 38.9 Å². The lowest BCUT2D eigenvalue weighted by Gasteiger charge is -2.04. The summed E-state index contributed by atoms with van der Waals surface area (Å²) in [5, 5.41) is 2.48. The molecule has 2 heteroatoms. The van der Waals surface area contributed by atoms with Crippen LogP contribution in [0.4, 0.5) is 0 Å². The number of hydrogen-bond donors (Lipinski definition) is 0. The molecule has 0 radical (unpaired) electrons. The van der Waals surface area contributed by atoms with Gasteiger partial charge in [0.25, 0.3) is 0 Å². The van der Waals surface area contributed by atoms with E-state index in [-0.39, 0.29) is 0 Å². The van der Waals surface area contributed by atoms with E-state index in [0.717, 1.165) is 10.0 Å². The zero-order valence-electron chi connectivity index (χ0n) is 10.3. The number of nitrogens with zero attached hydrogens (tertiary/aromatic N) is 1. The van der Waals surface area contributed by atoms with Gasteiger partial charge in [0.1, 0.15) is 0 Å². The van der Waals surface area contributed by atoms with E-state index in [1.165, 1.54) is 16.3 Å². The highest BCUT2D eigenvalue weighted by Gasteiger charge is 2.01. The first-order valence-electron chi connectivity index (χ1n) is 6.10. The van der Waals surface area contributed by atoms with Crippen molar-refractivity contribution in [3.63, 3.8) is 0 Å². The molecular weight excluding hydrogens is 298 g/mol. The summed E-state index contributed by atoms with van der Waals surface area (Å²) in [5.41, 5.74) is 2.32. The van der Waals surface area contributed by atoms with Gasteiger partial charge in [-0.25, -0.2) is 0 Å². The number of rotatable bonds is 2. The van der Waals surface area contributed by atoms with Gasteiger partial charge in [-0.2, -0.15) is 0 Å². The van der Waals surface area contributed by atoms with Gasteiger partial charge in [0.2, 0.25) is 0 Å². The third kappa shape index (κ3) is 2.59. The molecule has 1 nitrogen and oxygen atoms in total. The van der Waals surface area contributed by atoms with Gasteiger partial charge in [-0.1, -0.05) is 48.6 Å². The van der Waals surface area contributed by atoms with Crippen LogP contribution in [0.1, 0.15) is 11.1 Å². The van der Waals surface area contributed by atoms with Crippen LogP contribution in [0.5, 0.6) is 0 Å². The minimum absolute atomic E-state index is 1.14. The molecule has 0 spiro atoms. The number of pyridine rings is 1. The molecule has 3 rings (SSSR count). The summed E-state index contributed by atoms with van der Waals surface area (Å²) in [5.74, 6) is 0. The van der Waals surface area contributed by atoms with E-state index in [2.05, 4.69) is 69.5 Å². The molecule has 1 aromatic heterocycles. The van der Waals surface area contributed by atoms with Crippen molar-refractivity contribution in [1.29, 1.82) is 0 Å². The SMILES string of the molecule is Brc1c(/C=C/c2ccncc2)ccc2ccccc12. The Morgan fingerprint density at radius 3 is 2.47 bits per heavy atom. The maximum absolute atomic E-state index is 4.02. The molecule has 0 amide bonds. The van der Waals surface area contributed by atoms with E-state index >= 15 is 0 Å². The zero-order valence-corrected chi connectivity index (χ0v) is 11.8. The van der Waals surface area contributed by atoms with Gasteiger partial charge in [-0.3, -0.25) is 4.98 Å². The Hall–Kier alpha value is -1.93. The number of aromatic nitrogens is 1. The molecular formula is C17H12BrN. The maximum atomic E-state index is 4.02. The molecule has 1 heterocycles. The number of fused-ring (bicyclic) bond motifs is 1. The van der Waals surface area contributed by atoms with Crippen molar-refractivity contribution in [1.82, 2.24) is 4.98 Å². The molecule has 0 unspecified atom stereocenters. The van der Waals surface area contributed by atoms with E-state index in [0.29, 0.717) is 0 Å².